The maximum absolute atomic E-state index is 11.4. The second kappa shape index (κ2) is 7.25. The molecule has 0 spiro atoms. The molecule has 0 aromatic rings. The molecular weight excluding hydrogens is 303 g/mol. The van der Waals surface area contributed by atoms with E-state index in [0.717, 1.165) is 18.4 Å². The zero-order chi connectivity index (χ0) is 11.9. The molecule has 0 heterocycles. The summed E-state index contributed by atoms with van der Waals surface area (Å²) in [5, 5.41) is 0. The average molecular weight is 324 g/mol. The first-order chi connectivity index (χ1) is 6.85. The van der Waals surface area contributed by atoms with E-state index in [0.29, 0.717) is 0 Å². The van der Waals surface area contributed by atoms with E-state index in [2.05, 4.69) is 22.6 Å². The highest BCUT2D eigenvalue weighted by atomic mass is 127. The van der Waals surface area contributed by atoms with Gasteiger partial charge in [-0.05, 0) is 51.4 Å². The van der Waals surface area contributed by atoms with Crippen molar-refractivity contribution in [3.05, 3.63) is 11.6 Å². The zero-order valence-electron chi connectivity index (χ0n) is 10.1. The van der Waals surface area contributed by atoms with Gasteiger partial charge in [-0.25, -0.2) is 4.79 Å². The third kappa shape index (κ3) is 10.2. The van der Waals surface area contributed by atoms with Crippen LogP contribution in [0.1, 0.15) is 47.0 Å². The minimum atomic E-state index is -0.393. The summed E-state index contributed by atoms with van der Waals surface area (Å²) in [7, 11) is 0. The van der Waals surface area contributed by atoms with E-state index in [9.17, 15) is 4.79 Å². The summed E-state index contributed by atoms with van der Waals surface area (Å²) in [6.45, 7) is 7.62. The molecule has 0 atom stereocenters. The van der Waals surface area contributed by atoms with Crippen LogP contribution in [0.2, 0.25) is 0 Å². The lowest BCUT2D eigenvalue weighted by Crippen LogP contribution is -2.22. The molecule has 88 valence electrons. The first kappa shape index (κ1) is 14.9. The second-order valence-electron chi connectivity index (χ2n) is 4.67. The molecule has 0 aromatic heterocycles. The highest BCUT2D eigenvalue weighted by Crippen LogP contribution is 2.11. The maximum atomic E-state index is 11.4. The fourth-order valence-corrected chi connectivity index (χ4v) is 1.64. The number of allylic oxidation sites excluding steroid dienone is 1. The largest absolute Gasteiger partial charge is 0.457 e. The number of esters is 1. The van der Waals surface area contributed by atoms with Gasteiger partial charge in [0.25, 0.3) is 0 Å². The summed E-state index contributed by atoms with van der Waals surface area (Å²) in [6, 6.07) is 0. The topological polar surface area (TPSA) is 26.3 Å². The molecule has 0 aromatic carbocycles. The average Bonchev–Trinajstić information content (AvgIpc) is 2.00. The van der Waals surface area contributed by atoms with Crippen molar-refractivity contribution in [2.24, 2.45) is 0 Å². The third-order valence-electron chi connectivity index (χ3n) is 1.73. The lowest BCUT2D eigenvalue weighted by atomic mass is 10.1. The number of carbonyl (C=O) groups is 1. The molecule has 0 amide bonds. The van der Waals surface area contributed by atoms with Gasteiger partial charge in [0, 0.05) is 6.08 Å². The van der Waals surface area contributed by atoms with Crippen LogP contribution in [0.15, 0.2) is 11.6 Å². The molecule has 0 bridgehead atoms. The highest BCUT2D eigenvalue weighted by Gasteiger charge is 2.14. The lowest BCUT2D eigenvalue weighted by Gasteiger charge is -2.18. The van der Waals surface area contributed by atoms with Crippen LogP contribution in [0.25, 0.3) is 0 Å². The Hall–Kier alpha value is -0.0600. The Morgan fingerprint density at radius 2 is 1.93 bits per heavy atom. The predicted octanol–water partition coefficient (Wildman–Crippen LogP) is 3.88. The molecule has 3 heteroatoms. The monoisotopic (exact) mass is 324 g/mol. The summed E-state index contributed by atoms with van der Waals surface area (Å²) in [4.78, 5) is 11.4. The minimum absolute atomic E-state index is 0.227. The number of rotatable bonds is 5. The zero-order valence-corrected chi connectivity index (χ0v) is 12.3. The van der Waals surface area contributed by atoms with Crippen LogP contribution in [0.5, 0.6) is 0 Å². The van der Waals surface area contributed by atoms with Crippen molar-refractivity contribution < 1.29 is 9.53 Å². The Balaban J connectivity index is 3.96. The number of hydrogen-bond acceptors (Lipinski definition) is 2. The maximum Gasteiger partial charge on any atom is 0.331 e. The van der Waals surface area contributed by atoms with Crippen LogP contribution in [0.4, 0.5) is 0 Å². The molecular formula is C12H21IO2. The Kier molecular flexibility index (Phi) is 7.22. The van der Waals surface area contributed by atoms with E-state index < -0.39 is 5.60 Å². The Labute approximate surface area is 107 Å². The van der Waals surface area contributed by atoms with E-state index in [-0.39, 0.29) is 5.97 Å². The summed E-state index contributed by atoms with van der Waals surface area (Å²) >= 11 is 2.37. The van der Waals surface area contributed by atoms with E-state index >= 15 is 0 Å². The molecule has 0 rings (SSSR count). The van der Waals surface area contributed by atoms with Gasteiger partial charge in [-0.1, -0.05) is 28.2 Å². The van der Waals surface area contributed by atoms with Gasteiger partial charge >= 0.3 is 5.97 Å². The van der Waals surface area contributed by atoms with Crippen LogP contribution in [0.3, 0.4) is 0 Å². The van der Waals surface area contributed by atoms with Crippen LogP contribution >= 0.6 is 22.6 Å². The molecule has 0 unspecified atom stereocenters. The Morgan fingerprint density at radius 3 is 2.40 bits per heavy atom. The molecule has 0 aliphatic rings. The van der Waals surface area contributed by atoms with Crippen molar-refractivity contribution in [2.75, 3.05) is 4.43 Å². The third-order valence-corrected chi connectivity index (χ3v) is 2.49. The van der Waals surface area contributed by atoms with Crippen molar-refractivity contribution >= 4 is 28.6 Å². The Bertz CT molecular complexity index is 226. The standard InChI is InChI=1S/C12H21IO2/c1-10(7-5-6-8-13)9-11(14)15-12(2,3)4/h9H,5-8H2,1-4H3/b10-9+. The predicted molar refractivity (Wildman–Crippen MR) is 72.3 cm³/mol. The normalized spacial score (nSPS) is 12.7. The van der Waals surface area contributed by atoms with E-state index in [4.69, 9.17) is 4.74 Å². The summed E-state index contributed by atoms with van der Waals surface area (Å²) in [5.41, 5.74) is 0.713. The van der Waals surface area contributed by atoms with Gasteiger partial charge in [0.15, 0.2) is 0 Å². The van der Waals surface area contributed by atoms with Crippen molar-refractivity contribution in [2.45, 2.75) is 52.6 Å². The SMILES string of the molecule is C/C(=C\C(=O)OC(C)(C)C)CCCCI. The lowest BCUT2D eigenvalue weighted by molar-refractivity contribution is -0.148. The van der Waals surface area contributed by atoms with Gasteiger partial charge in [0.2, 0.25) is 0 Å². The number of carbonyl (C=O) groups excluding carboxylic acids is 1. The molecule has 0 saturated carbocycles. The van der Waals surface area contributed by atoms with Gasteiger partial charge in [0.1, 0.15) is 5.60 Å². The summed E-state index contributed by atoms with van der Waals surface area (Å²) in [5.74, 6) is -0.227. The van der Waals surface area contributed by atoms with E-state index in [1.165, 1.54) is 10.8 Å². The molecule has 0 saturated heterocycles. The van der Waals surface area contributed by atoms with Gasteiger partial charge in [-0.2, -0.15) is 0 Å². The highest BCUT2D eigenvalue weighted by molar-refractivity contribution is 14.1. The van der Waals surface area contributed by atoms with Gasteiger partial charge in [-0.3, -0.25) is 0 Å². The number of hydrogen-bond donors (Lipinski definition) is 0. The first-order valence-electron chi connectivity index (χ1n) is 5.31. The molecule has 0 fully saturated rings. The fourth-order valence-electron chi connectivity index (χ4n) is 1.10. The van der Waals surface area contributed by atoms with Gasteiger partial charge in [-0.15, -0.1) is 0 Å². The first-order valence-corrected chi connectivity index (χ1v) is 6.84. The van der Waals surface area contributed by atoms with Crippen molar-refractivity contribution in [3.8, 4) is 0 Å². The molecule has 0 radical (unpaired) electrons. The van der Waals surface area contributed by atoms with Crippen LogP contribution in [0, 0.1) is 0 Å². The van der Waals surface area contributed by atoms with E-state index in [1.807, 2.05) is 27.7 Å². The van der Waals surface area contributed by atoms with Crippen LogP contribution in [-0.2, 0) is 9.53 Å². The van der Waals surface area contributed by atoms with Crippen LogP contribution in [-0.4, -0.2) is 16.0 Å². The number of halogens is 1. The number of unbranched alkanes of at least 4 members (excludes halogenated alkanes) is 1. The van der Waals surface area contributed by atoms with Gasteiger partial charge in [0.05, 0.1) is 0 Å². The molecule has 0 aliphatic carbocycles. The van der Waals surface area contributed by atoms with Crippen molar-refractivity contribution in [1.29, 1.82) is 0 Å². The minimum Gasteiger partial charge on any atom is -0.457 e. The van der Waals surface area contributed by atoms with Crippen molar-refractivity contribution in [3.63, 3.8) is 0 Å². The molecule has 15 heavy (non-hydrogen) atoms. The summed E-state index contributed by atoms with van der Waals surface area (Å²) in [6.07, 6.45) is 4.95. The molecule has 0 N–H and O–H groups in total. The second-order valence-corrected chi connectivity index (χ2v) is 5.75. The summed E-state index contributed by atoms with van der Waals surface area (Å²) < 4.78 is 6.38. The fraction of sp³-hybridized carbons (Fsp3) is 0.750. The van der Waals surface area contributed by atoms with Gasteiger partial charge < -0.3 is 4.74 Å². The smallest absolute Gasteiger partial charge is 0.331 e. The van der Waals surface area contributed by atoms with Crippen LogP contribution < -0.4 is 0 Å². The number of ether oxygens (including phenoxy) is 1. The molecule has 0 aliphatic heterocycles. The quantitative estimate of drug-likeness (QED) is 0.252. The molecule has 2 nitrogen and oxygen atoms in total. The van der Waals surface area contributed by atoms with E-state index in [1.54, 1.807) is 6.08 Å². The Morgan fingerprint density at radius 1 is 1.33 bits per heavy atom. The van der Waals surface area contributed by atoms with Crippen molar-refractivity contribution in [1.82, 2.24) is 0 Å². The number of alkyl halides is 1.